The molecule has 0 aliphatic heterocycles. The average Bonchev–Trinajstić information content (AvgIpc) is 2.99. The molecule has 0 radical (unpaired) electrons. The number of carboxylic acid groups (broad SMARTS) is 1. The number of hydrogen-bond acceptors (Lipinski definition) is 4. The van der Waals surface area contributed by atoms with Crippen LogP contribution in [0.4, 0.5) is 0 Å². The summed E-state index contributed by atoms with van der Waals surface area (Å²) in [6.07, 6.45) is 6.25. The lowest BCUT2D eigenvalue weighted by atomic mass is 9.36. The third-order valence-electron chi connectivity index (χ3n) is 11.3. The standard InChI is InChI=1S/C29H46O5/c1-16(2)8-7-9-18(26(33)34)24-20-14-22(31)25-27(4)12-11-21(30)17(3)19(27)10-13-28(25,5)29(20,6)15-23(24)32/h8,17,19-23,25,30-32H,7,9-15H2,1-6H3,(H,33,34)/b24-18-/t17?,19?,20?,21?,22?,23-,25-,27-,28?,29-/m0/s1. The van der Waals surface area contributed by atoms with Crippen molar-refractivity contribution in [1.82, 2.24) is 0 Å². The van der Waals surface area contributed by atoms with Gasteiger partial charge in [-0.25, -0.2) is 4.79 Å². The van der Waals surface area contributed by atoms with Crippen molar-refractivity contribution >= 4 is 5.97 Å². The van der Waals surface area contributed by atoms with Gasteiger partial charge in [0.15, 0.2) is 0 Å². The highest BCUT2D eigenvalue weighted by molar-refractivity contribution is 5.88. The Balaban J connectivity index is 1.76. The van der Waals surface area contributed by atoms with Gasteiger partial charge in [0.05, 0.1) is 18.3 Å². The molecule has 4 saturated carbocycles. The van der Waals surface area contributed by atoms with Gasteiger partial charge in [-0.1, -0.05) is 39.3 Å². The van der Waals surface area contributed by atoms with Crippen molar-refractivity contribution in [3.8, 4) is 0 Å². The van der Waals surface area contributed by atoms with E-state index in [-0.39, 0.29) is 40.1 Å². The Morgan fingerprint density at radius 2 is 1.71 bits per heavy atom. The summed E-state index contributed by atoms with van der Waals surface area (Å²) in [5.74, 6) is -0.375. The highest BCUT2D eigenvalue weighted by Crippen LogP contribution is 2.74. The second-order valence-corrected chi connectivity index (χ2v) is 13.1. The van der Waals surface area contributed by atoms with Crippen LogP contribution in [0, 0.1) is 39.9 Å². The zero-order valence-corrected chi connectivity index (χ0v) is 22.0. The Labute approximate surface area is 205 Å². The number of aliphatic hydroxyl groups excluding tert-OH is 3. The second-order valence-electron chi connectivity index (χ2n) is 13.1. The van der Waals surface area contributed by atoms with E-state index in [9.17, 15) is 25.2 Å². The first-order valence-corrected chi connectivity index (χ1v) is 13.4. The highest BCUT2D eigenvalue weighted by Gasteiger charge is 2.70. The van der Waals surface area contributed by atoms with Gasteiger partial charge in [-0.15, -0.1) is 0 Å². The number of rotatable bonds is 4. The Hall–Kier alpha value is -1.17. The number of fused-ring (bicyclic) bond motifs is 5. The largest absolute Gasteiger partial charge is 0.478 e. The Morgan fingerprint density at radius 1 is 1.03 bits per heavy atom. The minimum Gasteiger partial charge on any atom is -0.478 e. The molecule has 0 aromatic heterocycles. The van der Waals surface area contributed by atoms with Crippen LogP contribution in [0.5, 0.6) is 0 Å². The van der Waals surface area contributed by atoms with Crippen molar-refractivity contribution in [1.29, 1.82) is 0 Å². The van der Waals surface area contributed by atoms with E-state index in [2.05, 4.69) is 33.8 Å². The summed E-state index contributed by atoms with van der Waals surface area (Å²) in [6, 6.07) is 0. The maximum absolute atomic E-state index is 12.4. The summed E-state index contributed by atoms with van der Waals surface area (Å²) >= 11 is 0. The number of aliphatic carboxylic acids is 1. The van der Waals surface area contributed by atoms with Crippen LogP contribution in [0.15, 0.2) is 22.8 Å². The molecular formula is C29H46O5. The van der Waals surface area contributed by atoms with E-state index >= 15 is 0 Å². The predicted molar refractivity (Wildman–Crippen MR) is 133 cm³/mol. The maximum Gasteiger partial charge on any atom is 0.331 e. The van der Waals surface area contributed by atoms with E-state index < -0.39 is 18.2 Å². The molecule has 0 amide bonds. The topological polar surface area (TPSA) is 98.0 Å². The first-order chi connectivity index (χ1) is 15.8. The number of hydrogen-bond donors (Lipinski definition) is 4. The van der Waals surface area contributed by atoms with E-state index in [0.717, 1.165) is 31.3 Å². The molecule has 0 spiro atoms. The van der Waals surface area contributed by atoms with Crippen molar-refractivity contribution < 1.29 is 25.2 Å². The van der Waals surface area contributed by atoms with Gasteiger partial charge in [0.25, 0.3) is 0 Å². The molecule has 4 N–H and O–H groups in total. The van der Waals surface area contributed by atoms with Gasteiger partial charge in [0.1, 0.15) is 0 Å². The van der Waals surface area contributed by atoms with E-state index in [1.165, 1.54) is 0 Å². The molecule has 34 heavy (non-hydrogen) atoms. The fraction of sp³-hybridized carbons (Fsp3) is 0.828. The summed E-state index contributed by atoms with van der Waals surface area (Å²) in [5, 5.41) is 43.8. The van der Waals surface area contributed by atoms with Gasteiger partial charge in [-0.3, -0.25) is 0 Å². The van der Waals surface area contributed by atoms with Crippen LogP contribution in [0.2, 0.25) is 0 Å². The third kappa shape index (κ3) is 3.64. The highest BCUT2D eigenvalue weighted by atomic mass is 16.4. The molecule has 5 nitrogen and oxygen atoms in total. The Bertz CT molecular complexity index is 887. The Morgan fingerprint density at radius 3 is 2.32 bits per heavy atom. The van der Waals surface area contributed by atoms with Crippen molar-refractivity contribution in [2.24, 2.45) is 39.9 Å². The molecule has 4 aliphatic carbocycles. The molecule has 0 heterocycles. The molecule has 0 saturated heterocycles. The normalized spacial score (nSPS) is 49.5. The molecule has 4 rings (SSSR count). The lowest BCUT2D eigenvalue weighted by Crippen LogP contribution is -2.65. The molecule has 4 aliphatic rings. The number of allylic oxidation sites excluding steroid dienone is 2. The summed E-state index contributed by atoms with van der Waals surface area (Å²) in [6.45, 7) is 13.1. The number of carbonyl (C=O) groups is 1. The van der Waals surface area contributed by atoms with Crippen molar-refractivity contribution in [3.05, 3.63) is 22.8 Å². The molecule has 0 aromatic carbocycles. The van der Waals surface area contributed by atoms with E-state index in [1.54, 1.807) is 0 Å². The van der Waals surface area contributed by atoms with Crippen LogP contribution in [0.1, 0.15) is 92.9 Å². The fourth-order valence-electron chi connectivity index (χ4n) is 9.51. The molecule has 4 fully saturated rings. The van der Waals surface area contributed by atoms with Crippen LogP contribution >= 0.6 is 0 Å². The van der Waals surface area contributed by atoms with E-state index in [4.69, 9.17) is 0 Å². The van der Waals surface area contributed by atoms with Gasteiger partial charge in [-0.05, 0) is 111 Å². The average molecular weight is 475 g/mol. The van der Waals surface area contributed by atoms with Crippen LogP contribution in [0.25, 0.3) is 0 Å². The molecule has 6 unspecified atom stereocenters. The fourth-order valence-corrected chi connectivity index (χ4v) is 9.51. The smallest absolute Gasteiger partial charge is 0.331 e. The minimum absolute atomic E-state index is 0.0600. The van der Waals surface area contributed by atoms with Crippen molar-refractivity contribution in [3.63, 3.8) is 0 Å². The first-order valence-electron chi connectivity index (χ1n) is 13.4. The monoisotopic (exact) mass is 474 g/mol. The minimum atomic E-state index is -0.937. The maximum atomic E-state index is 12.4. The SMILES string of the molecule is CC(C)=CCC/C(C(=O)O)=C1\C2CC(O)[C@@H]3C(C)(CCC4C(C)C(O)CC[C@@]43C)[C@@]2(C)C[C@@H]1O. The van der Waals surface area contributed by atoms with Gasteiger partial charge in [0, 0.05) is 5.57 Å². The number of carboxylic acids is 1. The second kappa shape index (κ2) is 8.74. The van der Waals surface area contributed by atoms with Crippen LogP contribution in [-0.2, 0) is 4.79 Å². The Kier molecular flexibility index (Phi) is 6.66. The predicted octanol–water partition coefficient (Wildman–Crippen LogP) is 5.10. The molecule has 5 heteroatoms. The van der Waals surface area contributed by atoms with E-state index in [0.29, 0.717) is 42.7 Å². The van der Waals surface area contributed by atoms with Gasteiger partial charge < -0.3 is 20.4 Å². The van der Waals surface area contributed by atoms with Crippen LogP contribution in [0.3, 0.4) is 0 Å². The van der Waals surface area contributed by atoms with Crippen LogP contribution in [-0.4, -0.2) is 44.7 Å². The lowest BCUT2D eigenvalue weighted by Gasteiger charge is -2.69. The summed E-state index contributed by atoms with van der Waals surface area (Å²) < 4.78 is 0. The quantitative estimate of drug-likeness (QED) is 0.336. The third-order valence-corrected chi connectivity index (χ3v) is 11.3. The summed E-state index contributed by atoms with van der Waals surface area (Å²) in [5.41, 5.74) is 1.66. The van der Waals surface area contributed by atoms with Gasteiger partial charge in [0.2, 0.25) is 0 Å². The number of aliphatic hydroxyl groups is 3. The molecule has 0 aromatic rings. The van der Waals surface area contributed by atoms with Gasteiger partial charge >= 0.3 is 5.97 Å². The first kappa shape index (κ1) is 25.9. The molecule has 10 atom stereocenters. The zero-order valence-electron chi connectivity index (χ0n) is 22.0. The molecular weight excluding hydrogens is 428 g/mol. The van der Waals surface area contributed by atoms with Gasteiger partial charge in [-0.2, -0.15) is 0 Å². The summed E-state index contributed by atoms with van der Waals surface area (Å²) in [4.78, 5) is 12.4. The zero-order chi connectivity index (χ0) is 25.2. The van der Waals surface area contributed by atoms with E-state index in [1.807, 2.05) is 13.8 Å². The van der Waals surface area contributed by atoms with Crippen molar-refractivity contribution in [2.45, 2.75) is 111 Å². The lowest BCUT2D eigenvalue weighted by molar-refractivity contribution is -0.233. The molecule has 0 bridgehead atoms. The van der Waals surface area contributed by atoms with Crippen molar-refractivity contribution in [2.75, 3.05) is 0 Å². The molecule has 192 valence electrons. The summed E-state index contributed by atoms with van der Waals surface area (Å²) in [7, 11) is 0. The van der Waals surface area contributed by atoms with Crippen LogP contribution < -0.4 is 0 Å².